The van der Waals surface area contributed by atoms with Crippen molar-refractivity contribution in [1.29, 1.82) is 0 Å². The van der Waals surface area contributed by atoms with Crippen molar-refractivity contribution in [1.82, 2.24) is 0 Å². The molecule has 2 aliphatic heterocycles. The summed E-state index contributed by atoms with van der Waals surface area (Å²) < 4.78 is 20.9. The molecule has 0 aromatic rings. The summed E-state index contributed by atoms with van der Waals surface area (Å²) in [5.74, 6) is -2.22. The molecule has 222 valence electrons. The van der Waals surface area contributed by atoms with Crippen molar-refractivity contribution in [2.75, 3.05) is 20.3 Å². The first-order valence-electron chi connectivity index (χ1n) is 13.4. The molecule has 9 atom stereocenters. The van der Waals surface area contributed by atoms with E-state index in [1.807, 2.05) is 6.92 Å². The molecule has 0 spiro atoms. The highest BCUT2D eigenvalue weighted by molar-refractivity contribution is 5.89. The van der Waals surface area contributed by atoms with E-state index in [2.05, 4.69) is 0 Å². The highest BCUT2D eigenvalue weighted by Crippen LogP contribution is 2.63. The van der Waals surface area contributed by atoms with Crippen LogP contribution in [0.15, 0.2) is 35.5 Å². The van der Waals surface area contributed by atoms with Crippen molar-refractivity contribution in [3.8, 4) is 0 Å². The fourth-order valence-corrected chi connectivity index (χ4v) is 6.62. The van der Waals surface area contributed by atoms with Crippen molar-refractivity contribution >= 4 is 17.9 Å². The quantitative estimate of drug-likeness (QED) is 0.123. The van der Waals surface area contributed by atoms with E-state index in [-0.39, 0.29) is 37.4 Å². The first-order valence-corrected chi connectivity index (χ1v) is 13.4. The molecule has 0 amide bonds. The van der Waals surface area contributed by atoms with E-state index < -0.39 is 71.7 Å². The number of rotatable bonds is 6. The number of carbonyl (C=O) groups is 3. The molecule has 0 radical (unpaired) electrons. The molecule has 2 saturated heterocycles. The average Bonchev–Trinajstić information content (AvgIpc) is 3.12. The molecule has 40 heavy (non-hydrogen) atoms. The minimum Gasteiger partial charge on any atom is -0.466 e. The fraction of sp³-hybridized carbons (Fsp3) is 0.679. The molecule has 2 bridgehead atoms. The number of ether oxygens (including phenoxy) is 4. The summed E-state index contributed by atoms with van der Waals surface area (Å²) in [4.78, 5) is 38.1. The van der Waals surface area contributed by atoms with Crippen molar-refractivity contribution in [2.45, 2.75) is 82.3 Å². The molecule has 0 aromatic heterocycles. The van der Waals surface area contributed by atoms with E-state index in [0.717, 1.165) is 0 Å². The molecule has 1 saturated carbocycles. The van der Waals surface area contributed by atoms with Gasteiger partial charge in [-0.2, -0.15) is 0 Å². The number of aliphatic hydroxyl groups is 5. The SMILES string of the molecule is COC(=O)C1=CC[C@@]23CC[C@@H]([C@@](C)(/C=C/C=C(\C)C(=O)O[C@H]4O[C@H](CO)[C@@H](O)[C@H](O)[C@H]4O)COC2=O)[C@@]3(O)CC1. The van der Waals surface area contributed by atoms with Crippen LogP contribution in [0, 0.1) is 16.7 Å². The number of methoxy groups -OCH3 is 1. The van der Waals surface area contributed by atoms with Gasteiger partial charge in [0.2, 0.25) is 6.29 Å². The monoisotopic (exact) mass is 566 g/mol. The van der Waals surface area contributed by atoms with E-state index >= 15 is 0 Å². The molecule has 0 unspecified atom stereocenters. The molecule has 3 fully saturated rings. The highest BCUT2D eigenvalue weighted by atomic mass is 16.7. The van der Waals surface area contributed by atoms with Crippen LogP contribution in [0.25, 0.3) is 0 Å². The van der Waals surface area contributed by atoms with Gasteiger partial charge >= 0.3 is 17.9 Å². The van der Waals surface area contributed by atoms with Gasteiger partial charge in [-0.1, -0.05) is 31.2 Å². The van der Waals surface area contributed by atoms with E-state index in [1.54, 1.807) is 18.2 Å². The van der Waals surface area contributed by atoms with E-state index in [1.165, 1.54) is 20.1 Å². The molecular weight excluding hydrogens is 528 g/mol. The zero-order valence-electron chi connectivity index (χ0n) is 22.8. The van der Waals surface area contributed by atoms with Gasteiger partial charge in [-0.15, -0.1) is 0 Å². The normalized spacial score (nSPS) is 41.9. The summed E-state index contributed by atoms with van der Waals surface area (Å²) >= 11 is 0. The summed E-state index contributed by atoms with van der Waals surface area (Å²) in [5.41, 5.74) is -2.85. The van der Waals surface area contributed by atoms with Gasteiger partial charge in [0.15, 0.2) is 0 Å². The fourth-order valence-electron chi connectivity index (χ4n) is 6.62. The maximum Gasteiger partial charge on any atom is 0.336 e. The summed E-state index contributed by atoms with van der Waals surface area (Å²) in [7, 11) is 1.29. The van der Waals surface area contributed by atoms with Gasteiger partial charge in [0, 0.05) is 22.5 Å². The first kappa shape index (κ1) is 30.4. The lowest BCUT2D eigenvalue weighted by molar-refractivity contribution is -0.291. The Kier molecular flexibility index (Phi) is 8.61. The smallest absolute Gasteiger partial charge is 0.336 e. The Morgan fingerprint density at radius 3 is 2.58 bits per heavy atom. The van der Waals surface area contributed by atoms with Crippen LogP contribution < -0.4 is 0 Å². The lowest BCUT2D eigenvalue weighted by Crippen LogP contribution is -2.59. The Balaban J connectivity index is 1.51. The Morgan fingerprint density at radius 2 is 1.90 bits per heavy atom. The van der Waals surface area contributed by atoms with Crippen LogP contribution >= 0.6 is 0 Å². The number of hydrogen-bond donors (Lipinski definition) is 5. The summed E-state index contributed by atoms with van der Waals surface area (Å²) in [6, 6.07) is 0. The minimum atomic E-state index is -1.72. The number of cyclic esters (lactones) is 1. The molecule has 5 N–H and O–H groups in total. The molecule has 4 aliphatic rings. The van der Waals surface area contributed by atoms with Gasteiger partial charge in [0.1, 0.15) is 36.4 Å². The molecular formula is C28H38O12. The van der Waals surface area contributed by atoms with Crippen LogP contribution in [0.4, 0.5) is 0 Å². The number of esters is 3. The standard InChI is InChI=1S/C28H38O12/c1-15(22(33)40-24-21(32)20(31)19(30)17(13-29)39-24)5-4-9-26(2)14-38-25(35)27-10-6-16(23(34)37-3)7-12-28(27,36)18(26)8-11-27/h4-6,9,17-21,24,29-32,36H,7-8,10-14H2,1-3H3/b9-4+,15-5+/t17-,18+,19-,20+,21-,24-,26+,27-,28+/m1/s1. The van der Waals surface area contributed by atoms with Crippen LogP contribution in [0.2, 0.25) is 0 Å². The Hall–Kier alpha value is -2.61. The van der Waals surface area contributed by atoms with Crippen LogP contribution in [0.1, 0.15) is 46.0 Å². The van der Waals surface area contributed by atoms with Crippen molar-refractivity contribution in [3.63, 3.8) is 0 Å². The molecule has 2 aliphatic carbocycles. The third-order valence-corrected chi connectivity index (χ3v) is 9.10. The van der Waals surface area contributed by atoms with E-state index in [4.69, 9.17) is 18.9 Å². The highest BCUT2D eigenvalue weighted by Gasteiger charge is 2.69. The van der Waals surface area contributed by atoms with Gasteiger partial charge in [-0.05, 0) is 39.0 Å². The van der Waals surface area contributed by atoms with Gasteiger partial charge in [0.25, 0.3) is 0 Å². The van der Waals surface area contributed by atoms with Gasteiger partial charge < -0.3 is 44.5 Å². The second-order valence-corrected chi connectivity index (χ2v) is 11.4. The van der Waals surface area contributed by atoms with Crippen molar-refractivity contribution in [3.05, 3.63) is 35.5 Å². The second-order valence-electron chi connectivity index (χ2n) is 11.4. The van der Waals surface area contributed by atoms with E-state index in [0.29, 0.717) is 18.4 Å². The second kappa shape index (κ2) is 11.3. The first-order chi connectivity index (χ1) is 18.8. The molecule has 12 nitrogen and oxygen atoms in total. The number of aliphatic hydroxyl groups excluding tert-OH is 4. The Labute approximate surface area is 231 Å². The molecule has 4 rings (SSSR count). The zero-order valence-corrected chi connectivity index (χ0v) is 22.8. The summed E-state index contributed by atoms with van der Waals surface area (Å²) in [5, 5.41) is 51.3. The minimum absolute atomic E-state index is 0.0207. The predicted octanol–water partition coefficient (Wildman–Crippen LogP) is -0.194. The van der Waals surface area contributed by atoms with Gasteiger partial charge in [0.05, 0.1) is 19.3 Å². The molecule has 2 heterocycles. The van der Waals surface area contributed by atoms with Crippen LogP contribution in [0.3, 0.4) is 0 Å². The number of allylic oxidation sites excluding steroid dienone is 3. The largest absolute Gasteiger partial charge is 0.466 e. The van der Waals surface area contributed by atoms with Crippen LogP contribution in [0.5, 0.6) is 0 Å². The van der Waals surface area contributed by atoms with Gasteiger partial charge in [-0.25, -0.2) is 9.59 Å². The zero-order chi connectivity index (χ0) is 29.5. The maximum absolute atomic E-state index is 13.3. The van der Waals surface area contributed by atoms with Crippen molar-refractivity contribution in [2.24, 2.45) is 16.7 Å². The third-order valence-electron chi connectivity index (χ3n) is 9.10. The summed E-state index contributed by atoms with van der Waals surface area (Å²) in [6.45, 7) is 2.70. The lowest BCUT2D eigenvalue weighted by atomic mass is 9.62. The Bertz CT molecular complexity index is 1110. The number of hydrogen-bond acceptors (Lipinski definition) is 12. The average molecular weight is 567 g/mol. The predicted molar refractivity (Wildman–Crippen MR) is 136 cm³/mol. The number of carbonyl (C=O) groups excluding carboxylic acids is 3. The molecule has 12 heteroatoms. The van der Waals surface area contributed by atoms with E-state index in [9.17, 15) is 39.9 Å². The van der Waals surface area contributed by atoms with Crippen LogP contribution in [-0.4, -0.2) is 100 Å². The maximum atomic E-state index is 13.3. The molecule has 0 aromatic carbocycles. The Morgan fingerprint density at radius 1 is 1.18 bits per heavy atom. The topological polar surface area (TPSA) is 189 Å². The van der Waals surface area contributed by atoms with Crippen molar-refractivity contribution < 1.29 is 58.9 Å². The third kappa shape index (κ3) is 5.01. The lowest BCUT2D eigenvalue weighted by Gasteiger charge is -2.43. The summed E-state index contributed by atoms with van der Waals surface area (Å²) in [6.07, 6.45) is 0.302. The van der Waals surface area contributed by atoms with Gasteiger partial charge in [-0.3, -0.25) is 4.79 Å². The van der Waals surface area contributed by atoms with Crippen LogP contribution in [-0.2, 0) is 33.3 Å².